The standard InChI is InChI=1S/C13H12BClO/c1-9-2-5-12(8-13(9)15)16-11-6-3-10(14)4-7-11/h2-8H,14H2,1H3. The Bertz CT molecular complexity index is 494. The van der Waals surface area contributed by atoms with Crippen LogP contribution in [0.25, 0.3) is 0 Å². The first-order valence-corrected chi connectivity index (χ1v) is 5.53. The molecule has 1 nitrogen and oxygen atoms in total. The molecule has 0 saturated carbocycles. The minimum absolute atomic E-state index is 0.726. The van der Waals surface area contributed by atoms with Crippen LogP contribution in [0.2, 0.25) is 5.02 Å². The van der Waals surface area contributed by atoms with E-state index in [0.29, 0.717) is 0 Å². The van der Waals surface area contributed by atoms with Crippen molar-refractivity contribution in [2.75, 3.05) is 0 Å². The van der Waals surface area contributed by atoms with Crippen LogP contribution in [0, 0.1) is 6.92 Å². The highest BCUT2D eigenvalue weighted by atomic mass is 35.5. The lowest BCUT2D eigenvalue weighted by Gasteiger charge is -2.07. The summed E-state index contributed by atoms with van der Waals surface area (Å²) >= 11 is 6.03. The minimum Gasteiger partial charge on any atom is -0.457 e. The van der Waals surface area contributed by atoms with Gasteiger partial charge in [-0.15, -0.1) is 0 Å². The molecule has 0 heterocycles. The fourth-order valence-corrected chi connectivity index (χ4v) is 1.55. The molecule has 0 spiro atoms. The Morgan fingerprint density at radius 3 is 2.25 bits per heavy atom. The van der Waals surface area contributed by atoms with Crippen LogP contribution in [0.3, 0.4) is 0 Å². The number of benzene rings is 2. The fourth-order valence-electron chi connectivity index (χ4n) is 1.38. The van der Waals surface area contributed by atoms with Gasteiger partial charge in [0.05, 0.1) is 0 Å². The summed E-state index contributed by atoms with van der Waals surface area (Å²) in [6.45, 7) is 1.97. The van der Waals surface area contributed by atoms with Gasteiger partial charge in [0.1, 0.15) is 19.3 Å². The van der Waals surface area contributed by atoms with Crippen molar-refractivity contribution in [3.05, 3.63) is 53.1 Å². The Kier molecular flexibility index (Phi) is 3.21. The number of ether oxygens (including phenoxy) is 1. The summed E-state index contributed by atoms with van der Waals surface area (Å²) in [7, 11) is 2.05. The first-order valence-electron chi connectivity index (χ1n) is 5.16. The third kappa shape index (κ3) is 2.58. The molecule has 0 aromatic heterocycles. The molecule has 0 amide bonds. The quantitative estimate of drug-likeness (QED) is 0.721. The van der Waals surface area contributed by atoms with Gasteiger partial charge in [0.25, 0.3) is 0 Å². The predicted octanol–water partition coefficient (Wildman–Crippen LogP) is 2.70. The number of hydrogen-bond acceptors (Lipinski definition) is 1. The molecule has 0 fully saturated rings. The molecule has 0 aliphatic heterocycles. The van der Waals surface area contributed by atoms with E-state index in [4.69, 9.17) is 16.3 Å². The summed E-state index contributed by atoms with van der Waals surface area (Å²) in [5, 5.41) is 0.726. The van der Waals surface area contributed by atoms with Crippen LogP contribution in [-0.4, -0.2) is 7.85 Å². The second-order valence-electron chi connectivity index (χ2n) is 3.83. The largest absolute Gasteiger partial charge is 0.457 e. The van der Waals surface area contributed by atoms with Gasteiger partial charge in [-0.25, -0.2) is 0 Å². The molecule has 0 aliphatic rings. The van der Waals surface area contributed by atoms with E-state index >= 15 is 0 Å². The van der Waals surface area contributed by atoms with Crippen LogP contribution in [-0.2, 0) is 0 Å². The van der Waals surface area contributed by atoms with Crippen molar-refractivity contribution in [1.29, 1.82) is 0 Å². The molecule has 2 rings (SSSR count). The van der Waals surface area contributed by atoms with Crippen molar-refractivity contribution in [2.24, 2.45) is 0 Å². The van der Waals surface area contributed by atoms with Gasteiger partial charge in [-0.2, -0.15) is 0 Å². The Hall–Kier alpha value is -1.41. The Labute approximate surface area is 101 Å². The smallest absolute Gasteiger partial charge is 0.139 e. The van der Waals surface area contributed by atoms with E-state index in [0.717, 1.165) is 22.1 Å². The molecular weight excluding hydrogens is 218 g/mol. The summed E-state index contributed by atoms with van der Waals surface area (Å²) in [6.07, 6.45) is 0. The molecular formula is C13H12BClO. The van der Waals surface area contributed by atoms with E-state index in [1.165, 1.54) is 5.46 Å². The molecule has 3 heteroatoms. The van der Waals surface area contributed by atoms with Crippen molar-refractivity contribution in [1.82, 2.24) is 0 Å². The van der Waals surface area contributed by atoms with E-state index in [-0.39, 0.29) is 0 Å². The minimum atomic E-state index is 0.726. The highest BCUT2D eigenvalue weighted by molar-refractivity contribution is 6.32. The molecule has 16 heavy (non-hydrogen) atoms. The van der Waals surface area contributed by atoms with Gasteiger partial charge < -0.3 is 4.74 Å². The van der Waals surface area contributed by atoms with E-state index in [9.17, 15) is 0 Å². The third-order valence-electron chi connectivity index (χ3n) is 2.40. The number of aryl methyl sites for hydroxylation is 1. The van der Waals surface area contributed by atoms with Crippen LogP contribution >= 0.6 is 11.6 Å². The van der Waals surface area contributed by atoms with Gasteiger partial charge in [-0.3, -0.25) is 0 Å². The number of hydrogen-bond donors (Lipinski definition) is 0. The molecule has 2 aromatic rings. The predicted molar refractivity (Wildman–Crippen MR) is 70.9 cm³/mol. The average Bonchev–Trinajstić information content (AvgIpc) is 2.27. The van der Waals surface area contributed by atoms with Gasteiger partial charge >= 0.3 is 0 Å². The molecule has 0 saturated heterocycles. The third-order valence-corrected chi connectivity index (χ3v) is 2.81. The zero-order chi connectivity index (χ0) is 11.5. The summed E-state index contributed by atoms with van der Waals surface area (Å²) in [5.74, 6) is 1.59. The lowest BCUT2D eigenvalue weighted by atomic mass is 9.97. The molecule has 0 unspecified atom stereocenters. The van der Waals surface area contributed by atoms with Crippen LogP contribution in [0.4, 0.5) is 0 Å². The van der Waals surface area contributed by atoms with Gasteiger partial charge in [-0.05, 0) is 36.8 Å². The lowest BCUT2D eigenvalue weighted by Crippen LogP contribution is -1.99. The van der Waals surface area contributed by atoms with Crippen molar-refractivity contribution < 1.29 is 4.74 Å². The summed E-state index contributed by atoms with van der Waals surface area (Å²) in [6, 6.07) is 13.6. The molecule has 2 aromatic carbocycles. The molecule has 0 bridgehead atoms. The fraction of sp³-hybridized carbons (Fsp3) is 0.0769. The van der Waals surface area contributed by atoms with Crippen LogP contribution in [0.1, 0.15) is 5.56 Å². The normalized spacial score (nSPS) is 10.1. The summed E-state index contributed by atoms with van der Waals surface area (Å²) in [5.41, 5.74) is 2.27. The average molecular weight is 231 g/mol. The highest BCUT2D eigenvalue weighted by Gasteiger charge is 2.00. The SMILES string of the molecule is Bc1ccc(Oc2ccc(C)c(Cl)c2)cc1. The van der Waals surface area contributed by atoms with Gasteiger partial charge in [0.15, 0.2) is 0 Å². The second kappa shape index (κ2) is 4.62. The number of halogens is 1. The topological polar surface area (TPSA) is 9.23 Å². The van der Waals surface area contributed by atoms with Crippen molar-refractivity contribution in [3.8, 4) is 11.5 Å². The Morgan fingerprint density at radius 2 is 1.62 bits per heavy atom. The van der Waals surface area contributed by atoms with Gasteiger partial charge in [-0.1, -0.05) is 35.3 Å². The van der Waals surface area contributed by atoms with E-state index in [1.807, 2.05) is 57.2 Å². The first kappa shape index (κ1) is 11.1. The Balaban J connectivity index is 2.20. The number of rotatable bonds is 2. The Morgan fingerprint density at radius 1 is 1.00 bits per heavy atom. The van der Waals surface area contributed by atoms with Crippen molar-refractivity contribution >= 4 is 24.9 Å². The van der Waals surface area contributed by atoms with Crippen LogP contribution < -0.4 is 10.2 Å². The maximum Gasteiger partial charge on any atom is 0.139 e. The van der Waals surface area contributed by atoms with Crippen LogP contribution in [0.5, 0.6) is 11.5 Å². The van der Waals surface area contributed by atoms with Crippen molar-refractivity contribution in [2.45, 2.75) is 6.92 Å². The van der Waals surface area contributed by atoms with E-state index < -0.39 is 0 Å². The van der Waals surface area contributed by atoms with Crippen LogP contribution in [0.15, 0.2) is 42.5 Å². The van der Waals surface area contributed by atoms with Crippen molar-refractivity contribution in [3.63, 3.8) is 0 Å². The summed E-state index contributed by atoms with van der Waals surface area (Å²) < 4.78 is 5.68. The maximum atomic E-state index is 6.03. The van der Waals surface area contributed by atoms with E-state index in [2.05, 4.69) is 0 Å². The zero-order valence-corrected chi connectivity index (χ0v) is 10.1. The van der Waals surface area contributed by atoms with Gasteiger partial charge in [0, 0.05) is 5.02 Å². The maximum absolute atomic E-state index is 6.03. The van der Waals surface area contributed by atoms with Gasteiger partial charge in [0.2, 0.25) is 0 Å². The molecule has 0 radical (unpaired) electrons. The molecule has 0 atom stereocenters. The second-order valence-corrected chi connectivity index (χ2v) is 4.23. The first-order chi connectivity index (χ1) is 7.65. The zero-order valence-electron chi connectivity index (χ0n) is 9.33. The molecule has 80 valence electrons. The lowest BCUT2D eigenvalue weighted by molar-refractivity contribution is 0.483. The molecule has 0 N–H and O–H groups in total. The molecule has 0 aliphatic carbocycles. The highest BCUT2D eigenvalue weighted by Crippen LogP contribution is 2.25. The summed E-state index contributed by atoms with van der Waals surface area (Å²) in [4.78, 5) is 0. The van der Waals surface area contributed by atoms with E-state index in [1.54, 1.807) is 0 Å². The monoisotopic (exact) mass is 230 g/mol.